The summed E-state index contributed by atoms with van der Waals surface area (Å²) >= 11 is 0. The van der Waals surface area contributed by atoms with Gasteiger partial charge < -0.3 is 29.1 Å². The molecule has 2 heterocycles. The maximum Gasteiger partial charge on any atom is 0.412 e. The molecule has 0 bridgehead atoms. The topological polar surface area (TPSA) is 140 Å². The van der Waals surface area contributed by atoms with Crippen LogP contribution >= 0.6 is 0 Å². The van der Waals surface area contributed by atoms with E-state index < -0.39 is 22.7 Å². The molecule has 37 heavy (non-hydrogen) atoms. The molecule has 2 aromatic carbocycles. The Balaban J connectivity index is 1.83. The summed E-state index contributed by atoms with van der Waals surface area (Å²) in [6.45, 7) is -0.594. The molecule has 2 N–H and O–H groups in total. The summed E-state index contributed by atoms with van der Waals surface area (Å²) < 4.78 is 48.6. The van der Waals surface area contributed by atoms with Gasteiger partial charge in [0.1, 0.15) is 17.1 Å². The summed E-state index contributed by atoms with van der Waals surface area (Å²) in [7, 11) is -0.951. The molecule has 0 aliphatic rings. The number of fused-ring (bicyclic) bond motifs is 1. The summed E-state index contributed by atoms with van der Waals surface area (Å²) in [5.74, 6) is 1.49. The van der Waals surface area contributed by atoms with Crippen LogP contribution < -0.4 is 23.8 Å². The van der Waals surface area contributed by atoms with Crippen molar-refractivity contribution >= 4 is 32.8 Å². The van der Waals surface area contributed by atoms with Gasteiger partial charge in [0.25, 0.3) is 0 Å². The first kappa shape index (κ1) is 25.8. The van der Waals surface area contributed by atoms with Crippen LogP contribution in [0.15, 0.2) is 65.2 Å². The van der Waals surface area contributed by atoms with Gasteiger partial charge in [0, 0.05) is 30.9 Å². The molecule has 0 fully saturated rings. The van der Waals surface area contributed by atoms with Crippen LogP contribution in [-0.2, 0) is 10.0 Å². The van der Waals surface area contributed by atoms with Crippen LogP contribution in [0.4, 0.5) is 10.5 Å². The van der Waals surface area contributed by atoms with Crippen LogP contribution in [0.1, 0.15) is 0 Å². The summed E-state index contributed by atoms with van der Waals surface area (Å²) in [5.41, 5.74) is 0.974. The number of furan rings is 1. The Hall–Kier alpha value is -4.29. The van der Waals surface area contributed by atoms with Gasteiger partial charge in [-0.2, -0.15) is 0 Å². The molecule has 0 unspecified atom stereocenters. The van der Waals surface area contributed by atoms with Crippen molar-refractivity contribution in [1.29, 1.82) is 0 Å². The van der Waals surface area contributed by atoms with Crippen LogP contribution in [0.5, 0.6) is 23.1 Å². The van der Waals surface area contributed by atoms with E-state index >= 15 is 0 Å². The van der Waals surface area contributed by atoms with Crippen LogP contribution in [0.2, 0.25) is 0 Å². The van der Waals surface area contributed by atoms with E-state index in [-0.39, 0.29) is 35.1 Å². The summed E-state index contributed by atoms with van der Waals surface area (Å²) in [6.07, 6.45) is 1.92. The van der Waals surface area contributed by atoms with Crippen molar-refractivity contribution in [3.05, 3.63) is 60.8 Å². The molecule has 4 rings (SSSR count). The van der Waals surface area contributed by atoms with E-state index in [1.54, 1.807) is 42.6 Å². The number of aliphatic hydroxyl groups is 1. The number of aliphatic hydroxyl groups excluding tert-OH is 1. The Morgan fingerprint density at radius 3 is 2.51 bits per heavy atom. The van der Waals surface area contributed by atoms with Crippen molar-refractivity contribution in [1.82, 2.24) is 10.3 Å². The molecule has 1 amide bonds. The molecular formula is C25H25N3O8S. The standard InChI is InChI=1S/C25H25N3O8S/c1-26-25(30)36-24-18-14-21(33-2)19(28(12-13-29)37(3,31)32)15-20(18)35-23(24)16-7-9-17(10-8-16)34-22-6-4-5-11-27-22/h4-11,14-15,29H,12-13H2,1-3H3,(H,26,30). The second kappa shape index (κ2) is 10.8. The molecule has 0 spiro atoms. The lowest BCUT2D eigenvalue weighted by Gasteiger charge is -2.23. The number of anilines is 1. The van der Waals surface area contributed by atoms with E-state index in [0.29, 0.717) is 22.6 Å². The Morgan fingerprint density at radius 2 is 1.92 bits per heavy atom. The van der Waals surface area contributed by atoms with Gasteiger partial charge in [0.15, 0.2) is 11.5 Å². The van der Waals surface area contributed by atoms with Gasteiger partial charge >= 0.3 is 6.09 Å². The number of rotatable bonds is 9. The number of hydrogen-bond acceptors (Lipinski definition) is 9. The van der Waals surface area contributed by atoms with Gasteiger partial charge in [-0.05, 0) is 36.4 Å². The minimum atomic E-state index is -3.75. The summed E-state index contributed by atoms with van der Waals surface area (Å²) in [6, 6.07) is 15.2. The quantitative estimate of drug-likeness (QED) is 0.333. The predicted molar refractivity (Wildman–Crippen MR) is 137 cm³/mol. The number of sulfonamides is 1. The van der Waals surface area contributed by atoms with Crippen molar-refractivity contribution in [2.45, 2.75) is 0 Å². The van der Waals surface area contributed by atoms with E-state index in [2.05, 4.69) is 10.3 Å². The molecule has 12 heteroatoms. The average Bonchev–Trinajstić information content (AvgIpc) is 3.23. The minimum absolute atomic E-state index is 0.116. The minimum Gasteiger partial charge on any atom is -0.495 e. The SMILES string of the molecule is CNC(=O)Oc1c(-c2ccc(Oc3ccccn3)cc2)oc2cc(N(CCO)S(C)(=O)=O)c(OC)cc12. The number of ether oxygens (including phenoxy) is 3. The summed E-state index contributed by atoms with van der Waals surface area (Å²) in [5, 5.41) is 12.2. The van der Waals surface area contributed by atoms with Gasteiger partial charge in [-0.25, -0.2) is 18.2 Å². The second-order valence-electron chi connectivity index (χ2n) is 7.77. The number of hydrogen-bond donors (Lipinski definition) is 2. The van der Waals surface area contributed by atoms with Crippen LogP contribution in [-0.4, -0.2) is 58.2 Å². The predicted octanol–water partition coefficient (Wildman–Crippen LogP) is 3.77. The number of carbonyl (C=O) groups excluding carboxylic acids is 1. The Bertz CT molecular complexity index is 1500. The fraction of sp³-hybridized carbons (Fsp3) is 0.200. The molecule has 0 radical (unpaired) electrons. The van der Waals surface area contributed by atoms with Gasteiger partial charge in [-0.1, -0.05) is 6.07 Å². The smallest absolute Gasteiger partial charge is 0.412 e. The van der Waals surface area contributed by atoms with E-state index in [4.69, 9.17) is 18.6 Å². The number of benzene rings is 2. The maximum atomic E-state index is 12.4. The third-order valence-corrected chi connectivity index (χ3v) is 6.47. The number of nitrogens with one attached hydrogen (secondary N) is 1. The second-order valence-corrected chi connectivity index (χ2v) is 9.68. The Kier molecular flexibility index (Phi) is 7.50. The third-order valence-electron chi connectivity index (χ3n) is 5.29. The normalized spacial score (nSPS) is 11.2. The maximum absolute atomic E-state index is 12.4. The number of amides is 1. The van der Waals surface area contributed by atoms with Crippen molar-refractivity contribution in [2.24, 2.45) is 0 Å². The first-order valence-electron chi connectivity index (χ1n) is 11.1. The molecule has 2 aromatic heterocycles. The zero-order valence-electron chi connectivity index (χ0n) is 20.3. The van der Waals surface area contributed by atoms with E-state index in [0.717, 1.165) is 10.6 Å². The highest BCUT2D eigenvalue weighted by Gasteiger charge is 2.26. The molecule has 11 nitrogen and oxygen atoms in total. The van der Waals surface area contributed by atoms with Gasteiger partial charge in [-0.15, -0.1) is 0 Å². The molecule has 0 aliphatic carbocycles. The fourth-order valence-corrected chi connectivity index (χ4v) is 4.55. The first-order chi connectivity index (χ1) is 17.7. The number of pyridine rings is 1. The van der Waals surface area contributed by atoms with Crippen molar-refractivity contribution in [3.8, 4) is 34.5 Å². The third kappa shape index (κ3) is 5.60. The van der Waals surface area contributed by atoms with Crippen LogP contribution in [0, 0.1) is 0 Å². The van der Waals surface area contributed by atoms with E-state index in [9.17, 15) is 18.3 Å². The van der Waals surface area contributed by atoms with Gasteiger partial charge in [0.05, 0.1) is 37.6 Å². The number of methoxy groups -OCH3 is 1. The zero-order valence-corrected chi connectivity index (χ0v) is 21.1. The number of nitrogens with zero attached hydrogens (tertiary/aromatic N) is 2. The first-order valence-corrected chi connectivity index (χ1v) is 12.9. The molecule has 4 aromatic rings. The molecular weight excluding hydrogens is 502 g/mol. The zero-order chi connectivity index (χ0) is 26.6. The highest BCUT2D eigenvalue weighted by Crippen LogP contribution is 2.45. The van der Waals surface area contributed by atoms with Crippen molar-refractivity contribution in [2.75, 3.05) is 37.9 Å². The van der Waals surface area contributed by atoms with E-state index in [1.165, 1.54) is 26.3 Å². The summed E-state index contributed by atoms with van der Waals surface area (Å²) in [4.78, 5) is 16.3. The van der Waals surface area contributed by atoms with E-state index in [1.807, 2.05) is 6.07 Å². The number of aromatic nitrogens is 1. The van der Waals surface area contributed by atoms with Crippen LogP contribution in [0.3, 0.4) is 0 Å². The number of carbonyl (C=O) groups is 1. The lowest BCUT2D eigenvalue weighted by atomic mass is 10.1. The van der Waals surface area contributed by atoms with Crippen LogP contribution in [0.25, 0.3) is 22.3 Å². The lowest BCUT2D eigenvalue weighted by molar-refractivity contribution is 0.203. The monoisotopic (exact) mass is 527 g/mol. The lowest BCUT2D eigenvalue weighted by Crippen LogP contribution is -2.32. The fourth-order valence-electron chi connectivity index (χ4n) is 3.64. The van der Waals surface area contributed by atoms with Crippen molar-refractivity contribution in [3.63, 3.8) is 0 Å². The van der Waals surface area contributed by atoms with Gasteiger partial charge in [-0.3, -0.25) is 4.31 Å². The van der Waals surface area contributed by atoms with Gasteiger partial charge in [0.2, 0.25) is 15.9 Å². The molecule has 0 saturated carbocycles. The molecule has 0 aliphatic heterocycles. The molecule has 0 saturated heterocycles. The Morgan fingerprint density at radius 1 is 1.16 bits per heavy atom. The van der Waals surface area contributed by atoms with Crippen molar-refractivity contribution < 1.29 is 36.9 Å². The Labute approximate surface area is 213 Å². The highest BCUT2D eigenvalue weighted by atomic mass is 32.2. The molecule has 194 valence electrons. The largest absolute Gasteiger partial charge is 0.495 e. The average molecular weight is 528 g/mol. The highest BCUT2D eigenvalue weighted by molar-refractivity contribution is 7.92. The molecule has 0 atom stereocenters.